The van der Waals surface area contributed by atoms with Crippen molar-refractivity contribution in [1.82, 2.24) is 15.2 Å². The summed E-state index contributed by atoms with van der Waals surface area (Å²) >= 11 is 6.14. The molecule has 0 bridgehead atoms. The van der Waals surface area contributed by atoms with E-state index in [1.807, 2.05) is 53.4 Å². The SMILES string of the molecule is O=C(c1ccc(N=C(c2ccccc2)c2c(O)[nH]c3cc(Cl)ccc23)cc1)N1CCNCC1. The van der Waals surface area contributed by atoms with E-state index in [-0.39, 0.29) is 11.8 Å². The fraction of sp³-hybridized carbons (Fsp3) is 0.154. The summed E-state index contributed by atoms with van der Waals surface area (Å²) in [5.74, 6) is 0.0573. The minimum absolute atomic E-state index is 0.0281. The number of aliphatic imine (C=N–C) groups is 1. The van der Waals surface area contributed by atoms with Crippen molar-refractivity contribution >= 4 is 39.8 Å². The van der Waals surface area contributed by atoms with E-state index in [1.165, 1.54) is 0 Å². The summed E-state index contributed by atoms with van der Waals surface area (Å²) in [5, 5.41) is 15.4. The number of carbonyl (C=O) groups is 1. The third-order valence-corrected chi connectivity index (χ3v) is 6.02. The number of hydrogen-bond donors (Lipinski definition) is 3. The van der Waals surface area contributed by atoms with Crippen LogP contribution in [-0.4, -0.2) is 52.8 Å². The van der Waals surface area contributed by atoms with Gasteiger partial charge < -0.3 is 20.3 Å². The van der Waals surface area contributed by atoms with Crippen molar-refractivity contribution in [3.63, 3.8) is 0 Å². The van der Waals surface area contributed by atoms with Crippen molar-refractivity contribution in [3.05, 3.63) is 94.5 Å². The predicted octanol–water partition coefficient (Wildman–Crippen LogP) is 4.74. The third kappa shape index (κ3) is 4.35. The Labute approximate surface area is 196 Å². The Morgan fingerprint density at radius 2 is 1.67 bits per heavy atom. The highest BCUT2D eigenvalue weighted by atomic mass is 35.5. The number of H-pyrrole nitrogens is 1. The normalized spacial score (nSPS) is 14.6. The van der Waals surface area contributed by atoms with Crippen LogP contribution in [0, 0.1) is 0 Å². The van der Waals surface area contributed by atoms with Crippen molar-refractivity contribution in [3.8, 4) is 5.88 Å². The first kappa shape index (κ1) is 21.2. The Bertz CT molecular complexity index is 1320. The number of hydrogen-bond acceptors (Lipinski definition) is 4. The van der Waals surface area contributed by atoms with Crippen LogP contribution in [0.25, 0.3) is 10.9 Å². The second-order valence-electron chi connectivity index (χ2n) is 7.95. The maximum absolute atomic E-state index is 12.8. The van der Waals surface area contributed by atoms with Gasteiger partial charge in [0, 0.05) is 47.7 Å². The smallest absolute Gasteiger partial charge is 0.253 e. The van der Waals surface area contributed by atoms with E-state index in [9.17, 15) is 9.90 Å². The first-order valence-electron chi connectivity index (χ1n) is 10.8. The number of nitrogens with zero attached hydrogens (tertiary/aromatic N) is 2. The van der Waals surface area contributed by atoms with E-state index < -0.39 is 0 Å². The Morgan fingerprint density at radius 3 is 2.39 bits per heavy atom. The molecular formula is C26H23ClN4O2. The molecule has 6 nitrogen and oxygen atoms in total. The molecule has 33 heavy (non-hydrogen) atoms. The molecule has 1 aliphatic heterocycles. The Kier molecular flexibility index (Phi) is 5.86. The van der Waals surface area contributed by atoms with E-state index in [2.05, 4.69) is 10.3 Å². The molecule has 7 heteroatoms. The minimum atomic E-state index is 0.0281. The summed E-state index contributed by atoms with van der Waals surface area (Å²) in [4.78, 5) is 22.5. The van der Waals surface area contributed by atoms with Crippen LogP contribution in [0.3, 0.4) is 0 Å². The van der Waals surface area contributed by atoms with E-state index in [0.29, 0.717) is 40.6 Å². The van der Waals surface area contributed by atoms with Crippen molar-refractivity contribution in [2.75, 3.05) is 26.2 Å². The van der Waals surface area contributed by atoms with E-state index >= 15 is 0 Å². The number of halogens is 1. The molecular weight excluding hydrogens is 436 g/mol. The molecule has 1 amide bonds. The van der Waals surface area contributed by atoms with Crippen LogP contribution in [0.1, 0.15) is 21.5 Å². The highest BCUT2D eigenvalue weighted by molar-refractivity contribution is 6.31. The quantitative estimate of drug-likeness (QED) is 0.386. The Balaban J connectivity index is 1.55. The molecule has 1 aliphatic rings. The first-order chi connectivity index (χ1) is 16.1. The molecule has 166 valence electrons. The number of carbonyl (C=O) groups excluding carboxylic acids is 1. The second-order valence-corrected chi connectivity index (χ2v) is 8.39. The lowest BCUT2D eigenvalue weighted by Crippen LogP contribution is -2.46. The number of rotatable bonds is 4. The predicted molar refractivity (Wildman–Crippen MR) is 132 cm³/mol. The Morgan fingerprint density at radius 1 is 0.939 bits per heavy atom. The average molecular weight is 459 g/mol. The van der Waals surface area contributed by atoms with E-state index in [4.69, 9.17) is 16.6 Å². The number of aromatic amines is 1. The monoisotopic (exact) mass is 458 g/mol. The van der Waals surface area contributed by atoms with Crippen LogP contribution in [0.2, 0.25) is 5.02 Å². The van der Waals surface area contributed by atoms with E-state index in [1.54, 1.807) is 24.3 Å². The van der Waals surface area contributed by atoms with Gasteiger partial charge in [-0.25, -0.2) is 4.99 Å². The van der Waals surface area contributed by atoms with Gasteiger partial charge in [0.15, 0.2) is 5.88 Å². The molecule has 1 aromatic heterocycles. The topological polar surface area (TPSA) is 80.7 Å². The second kappa shape index (κ2) is 9.10. The van der Waals surface area contributed by atoms with Gasteiger partial charge in [-0.05, 0) is 36.4 Å². The molecule has 3 N–H and O–H groups in total. The zero-order chi connectivity index (χ0) is 22.8. The van der Waals surface area contributed by atoms with Crippen LogP contribution < -0.4 is 5.32 Å². The van der Waals surface area contributed by atoms with Crippen LogP contribution in [-0.2, 0) is 0 Å². The lowest BCUT2D eigenvalue weighted by molar-refractivity contribution is 0.0736. The number of amides is 1. The van der Waals surface area contributed by atoms with Gasteiger partial charge in [-0.2, -0.15) is 0 Å². The standard InChI is InChI=1S/C26H23ClN4O2/c27-19-8-11-21-22(16-19)30-25(32)23(21)24(17-4-2-1-3-5-17)29-20-9-6-18(7-10-20)26(33)31-14-12-28-13-15-31/h1-11,16,28,30,32H,12-15H2. The maximum Gasteiger partial charge on any atom is 0.253 e. The number of fused-ring (bicyclic) bond motifs is 1. The fourth-order valence-electron chi connectivity index (χ4n) is 4.11. The van der Waals surface area contributed by atoms with Crippen molar-refractivity contribution in [2.45, 2.75) is 0 Å². The van der Waals surface area contributed by atoms with Crippen LogP contribution in [0.15, 0.2) is 77.8 Å². The molecule has 0 aliphatic carbocycles. The molecule has 0 saturated carbocycles. The summed E-state index contributed by atoms with van der Waals surface area (Å²) in [5.41, 5.74) is 4.16. The molecule has 0 radical (unpaired) electrons. The molecule has 0 spiro atoms. The third-order valence-electron chi connectivity index (χ3n) is 5.78. The number of nitrogens with one attached hydrogen (secondary N) is 2. The van der Waals surface area contributed by atoms with Crippen molar-refractivity contribution < 1.29 is 9.90 Å². The van der Waals surface area contributed by atoms with Crippen molar-refractivity contribution in [1.29, 1.82) is 0 Å². The highest BCUT2D eigenvalue weighted by Gasteiger charge is 2.20. The zero-order valence-electron chi connectivity index (χ0n) is 17.9. The highest BCUT2D eigenvalue weighted by Crippen LogP contribution is 2.33. The number of aromatic hydroxyl groups is 1. The molecule has 4 aromatic rings. The van der Waals surface area contributed by atoms with Crippen LogP contribution in [0.5, 0.6) is 5.88 Å². The average Bonchev–Trinajstić information content (AvgIpc) is 3.18. The van der Waals surface area contributed by atoms with E-state index in [0.717, 1.165) is 29.6 Å². The molecule has 1 saturated heterocycles. The summed E-state index contributed by atoms with van der Waals surface area (Å²) < 4.78 is 0. The molecule has 3 aromatic carbocycles. The van der Waals surface area contributed by atoms with Gasteiger partial charge in [0.2, 0.25) is 0 Å². The van der Waals surface area contributed by atoms with Gasteiger partial charge in [0.25, 0.3) is 5.91 Å². The number of aromatic nitrogens is 1. The minimum Gasteiger partial charge on any atom is -0.494 e. The van der Waals surface area contributed by atoms with Gasteiger partial charge >= 0.3 is 0 Å². The lowest BCUT2D eigenvalue weighted by Gasteiger charge is -2.27. The fourth-order valence-corrected chi connectivity index (χ4v) is 4.29. The van der Waals surface area contributed by atoms with Gasteiger partial charge in [-0.15, -0.1) is 0 Å². The maximum atomic E-state index is 12.8. The summed E-state index contributed by atoms with van der Waals surface area (Å²) in [6.07, 6.45) is 0. The molecule has 5 rings (SSSR count). The van der Waals surface area contributed by atoms with Crippen molar-refractivity contribution in [2.24, 2.45) is 4.99 Å². The molecule has 1 fully saturated rings. The lowest BCUT2D eigenvalue weighted by atomic mass is 10.0. The Hall–Kier alpha value is -3.61. The number of piperazine rings is 1. The van der Waals surface area contributed by atoms with Crippen LogP contribution in [0.4, 0.5) is 5.69 Å². The molecule has 0 unspecified atom stereocenters. The first-order valence-corrected chi connectivity index (χ1v) is 11.2. The summed E-state index contributed by atoms with van der Waals surface area (Å²) in [7, 11) is 0. The molecule has 2 heterocycles. The summed E-state index contributed by atoms with van der Waals surface area (Å²) in [6.45, 7) is 3.04. The number of benzene rings is 3. The van der Waals surface area contributed by atoms with Crippen LogP contribution >= 0.6 is 11.6 Å². The van der Waals surface area contributed by atoms with Gasteiger partial charge in [0.1, 0.15) is 0 Å². The summed E-state index contributed by atoms with van der Waals surface area (Å²) in [6, 6.07) is 22.4. The molecule has 0 atom stereocenters. The van der Waals surface area contributed by atoms with Gasteiger partial charge in [-0.3, -0.25) is 4.79 Å². The van der Waals surface area contributed by atoms with Gasteiger partial charge in [-0.1, -0.05) is 48.0 Å². The zero-order valence-corrected chi connectivity index (χ0v) is 18.6. The van der Waals surface area contributed by atoms with Gasteiger partial charge in [0.05, 0.1) is 22.5 Å². The largest absolute Gasteiger partial charge is 0.494 e.